The van der Waals surface area contributed by atoms with Gasteiger partial charge in [-0.1, -0.05) is 50.1 Å². The van der Waals surface area contributed by atoms with Gasteiger partial charge < -0.3 is 14.4 Å². The third kappa shape index (κ3) is 8.54. The average Bonchev–Trinajstić information content (AvgIpc) is 3.28. The van der Waals surface area contributed by atoms with Crippen molar-refractivity contribution < 1.29 is 18.5 Å². The molecule has 2 fully saturated rings. The number of hydrogen-bond acceptors (Lipinski definition) is 7. The number of ether oxygens (including phenoxy) is 2. The van der Waals surface area contributed by atoms with Crippen molar-refractivity contribution in [1.29, 1.82) is 0 Å². The summed E-state index contributed by atoms with van der Waals surface area (Å²) in [5.74, 6) is 1.42. The minimum absolute atomic E-state index is 0.106. The van der Waals surface area contributed by atoms with E-state index in [0.717, 1.165) is 94.4 Å². The summed E-state index contributed by atoms with van der Waals surface area (Å²) >= 11 is 6.50. The van der Waals surface area contributed by atoms with Crippen molar-refractivity contribution in [3.05, 3.63) is 70.3 Å². The van der Waals surface area contributed by atoms with E-state index in [1.54, 1.807) is 6.07 Å². The number of rotatable bonds is 7. The Morgan fingerprint density at radius 2 is 1.86 bits per heavy atom. The van der Waals surface area contributed by atoms with Crippen molar-refractivity contribution in [2.75, 3.05) is 64.4 Å². The Morgan fingerprint density at radius 3 is 2.55 bits per heavy atom. The summed E-state index contributed by atoms with van der Waals surface area (Å²) in [7, 11) is 0.356. The average molecular weight is 739 g/mol. The molecule has 10 heteroatoms. The van der Waals surface area contributed by atoms with Crippen molar-refractivity contribution in [2.45, 2.75) is 89.5 Å². The zero-order valence-corrected chi connectivity index (χ0v) is 33.1. The number of fused-ring (bicyclic) bond motifs is 2. The van der Waals surface area contributed by atoms with Gasteiger partial charge in [0.2, 0.25) is 0 Å². The smallest absolute Gasteiger partial charge is 0.263 e. The van der Waals surface area contributed by atoms with Gasteiger partial charge in [-0.25, -0.2) is 4.21 Å². The van der Waals surface area contributed by atoms with Gasteiger partial charge in [0.1, 0.15) is 22.3 Å². The molecular formula is C41H59ClN4O4S. The van der Waals surface area contributed by atoms with Gasteiger partial charge in [-0.2, -0.15) is 0 Å². The molecule has 280 valence electrons. The molecule has 2 bridgehead atoms. The van der Waals surface area contributed by atoms with Gasteiger partial charge in [0, 0.05) is 75.5 Å². The SMILES string of the molecule is CCCc1cc(Cl)ccc1C1COc2ccc3cc2N(C1)CC1CCC1C(CN1CCN(C(C)C)CC1)(OC)/C=C/CC(C)C(C)S(=O)NC3=O. The zero-order valence-electron chi connectivity index (χ0n) is 31.5. The summed E-state index contributed by atoms with van der Waals surface area (Å²) in [5, 5.41) is 0.538. The van der Waals surface area contributed by atoms with E-state index in [4.69, 9.17) is 21.1 Å². The first-order valence-electron chi connectivity index (χ1n) is 19.2. The van der Waals surface area contributed by atoms with Crippen molar-refractivity contribution in [2.24, 2.45) is 17.8 Å². The highest BCUT2D eigenvalue weighted by Crippen LogP contribution is 2.47. The van der Waals surface area contributed by atoms with E-state index < -0.39 is 16.6 Å². The number of benzene rings is 2. The molecule has 0 spiro atoms. The number of methoxy groups -OCH3 is 1. The highest BCUT2D eigenvalue weighted by molar-refractivity contribution is 7.84. The molecule has 1 saturated heterocycles. The molecule has 3 aliphatic heterocycles. The predicted molar refractivity (Wildman–Crippen MR) is 209 cm³/mol. The molecule has 8 nitrogen and oxygen atoms in total. The Morgan fingerprint density at radius 1 is 1.08 bits per heavy atom. The topological polar surface area (TPSA) is 74.3 Å². The molecule has 51 heavy (non-hydrogen) atoms. The molecule has 4 aliphatic rings. The zero-order chi connectivity index (χ0) is 36.3. The lowest BCUT2D eigenvalue weighted by molar-refractivity contribution is -0.0960. The molecule has 2 aromatic carbocycles. The molecular weight excluding hydrogens is 680 g/mol. The maximum absolute atomic E-state index is 13.6. The van der Waals surface area contributed by atoms with E-state index in [2.05, 4.69) is 71.4 Å². The first-order valence-corrected chi connectivity index (χ1v) is 20.8. The van der Waals surface area contributed by atoms with Gasteiger partial charge >= 0.3 is 0 Å². The second kappa shape index (κ2) is 16.7. The van der Waals surface area contributed by atoms with Crippen LogP contribution in [0.3, 0.4) is 0 Å². The molecule has 3 heterocycles. The summed E-state index contributed by atoms with van der Waals surface area (Å²) in [6.45, 7) is 18.0. The highest BCUT2D eigenvalue weighted by atomic mass is 35.5. The fourth-order valence-corrected chi connectivity index (χ4v) is 9.88. The normalized spacial score (nSPS) is 31.6. The summed E-state index contributed by atoms with van der Waals surface area (Å²) in [4.78, 5) is 21.2. The summed E-state index contributed by atoms with van der Waals surface area (Å²) in [5.41, 5.74) is 3.53. The van der Waals surface area contributed by atoms with Crippen molar-refractivity contribution in [3.8, 4) is 5.75 Å². The third-order valence-corrected chi connectivity index (χ3v) is 14.0. The van der Waals surface area contributed by atoms with Gasteiger partial charge in [0.15, 0.2) is 0 Å². The molecule has 0 radical (unpaired) electrons. The number of nitrogens with one attached hydrogen (secondary N) is 1. The molecule has 7 atom stereocenters. The Bertz CT molecular complexity index is 1580. The van der Waals surface area contributed by atoms with Crippen LogP contribution in [0.2, 0.25) is 5.02 Å². The van der Waals surface area contributed by atoms with Crippen molar-refractivity contribution >= 4 is 34.2 Å². The van der Waals surface area contributed by atoms with Gasteiger partial charge in [-0.3, -0.25) is 19.3 Å². The Hall–Kier alpha value is -2.43. The number of anilines is 1. The van der Waals surface area contributed by atoms with E-state index in [-0.39, 0.29) is 23.0 Å². The quantitative estimate of drug-likeness (QED) is 0.304. The summed E-state index contributed by atoms with van der Waals surface area (Å²) in [6.07, 6.45) is 9.59. The van der Waals surface area contributed by atoms with Crippen molar-refractivity contribution in [3.63, 3.8) is 0 Å². The maximum atomic E-state index is 13.6. The van der Waals surface area contributed by atoms with Crippen LogP contribution in [0.4, 0.5) is 5.69 Å². The fourth-order valence-electron chi connectivity index (χ4n) is 8.66. The van der Waals surface area contributed by atoms with Crippen LogP contribution >= 0.6 is 11.6 Å². The highest BCUT2D eigenvalue weighted by Gasteiger charge is 2.48. The largest absolute Gasteiger partial charge is 0.491 e. The Kier molecular flexibility index (Phi) is 12.6. The minimum Gasteiger partial charge on any atom is -0.491 e. The Labute approximate surface area is 313 Å². The van der Waals surface area contributed by atoms with Gasteiger partial charge in [-0.15, -0.1) is 0 Å². The lowest BCUT2D eigenvalue weighted by Gasteiger charge is -2.52. The second-order valence-electron chi connectivity index (χ2n) is 15.7. The number of nitrogens with zero attached hydrogens (tertiary/aromatic N) is 3. The van der Waals surface area contributed by atoms with Crippen LogP contribution < -0.4 is 14.4 Å². The summed E-state index contributed by atoms with van der Waals surface area (Å²) in [6, 6.07) is 12.5. The lowest BCUT2D eigenvalue weighted by Crippen LogP contribution is -2.59. The van der Waals surface area contributed by atoms with E-state index in [1.807, 2.05) is 32.2 Å². The molecule has 0 aromatic heterocycles. The van der Waals surface area contributed by atoms with Crippen LogP contribution in [0.15, 0.2) is 48.6 Å². The predicted octanol–water partition coefficient (Wildman–Crippen LogP) is 7.09. The second-order valence-corrected chi connectivity index (χ2v) is 17.7. The van der Waals surface area contributed by atoms with Crippen LogP contribution in [0.5, 0.6) is 5.75 Å². The number of amides is 1. The summed E-state index contributed by atoms with van der Waals surface area (Å²) < 4.78 is 29.6. The maximum Gasteiger partial charge on any atom is 0.263 e. The van der Waals surface area contributed by atoms with E-state index in [9.17, 15) is 9.00 Å². The molecule has 1 aliphatic carbocycles. The van der Waals surface area contributed by atoms with Crippen molar-refractivity contribution in [1.82, 2.24) is 14.5 Å². The number of hydrogen-bond donors (Lipinski definition) is 1. The molecule has 7 unspecified atom stereocenters. The first-order chi connectivity index (χ1) is 24.5. The minimum atomic E-state index is -1.54. The molecule has 1 saturated carbocycles. The monoisotopic (exact) mass is 738 g/mol. The van der Waals surface area contributed by atoms with Crippen LogP contribution in [0.1, 0.15) is 87.7 Å². The number of piperazine rings is 1. The molecule has 2 aromatic rings. The fraction of sp³-hybridized carbons (Fsp3) is 0.634. The lowest BCUT2D eigenvalue weighted by atomic mass is 9.63. The Balaban J connectivity index is 1.38. The number of aryl methyl sites for hydroxylation is 1. The van der Waals surface area contributed by atoms with E-state index >= 15 is 0 Å². The van der Waals surface area contributed by atoms with Crippen LogP contribution in [0.25, 0.3) is 0 Å². The van der Waals surface area contributed by atoms with Crippen LogP contribution in [0, 0.1) is 17.8 Å². The number of carbonyl (C=O) groups is 1. The van der Waals surface area contributed by atoms with Gasteiger partial charge in [0.25, 0.3) is 5.91 Å². The first kappa shape index (κ1) is 38.3. The van der Waals surface area contributed by atoms with Crippen LogP contribution in [-0.4, -0.2) is 96.3 Å². The molecule has 1 amide bonds. The molecule has 1 N–H and O–H groups in total. The number of halogens is 1. The third-order valence-electron chi connectivity index (χ3n) is 12.2. The number of allylic oxidation sites excluding steroid dienone is 1. The van der Waals surface area contributed by atoms with Gasteiger partial charge in [0.05, 0.1) is 17.5 Å². The standard InChI is InChI=1S/C41H59ClN4O4S/c1-7-9-31-22-35(42)13-14-36(31)34-25-46-24-33-11-15-37(33)41(49-6,27-44-18-20-45(21-19-44)28(2)3)17-8-10-29(4)30(5)51(48)43-40(47)32-12-16-39(50-26-34)38(46)23-32/h8,12-14,16-17,22-23,28-30,33-34,37H,7,9-11,15,18-21,24-27H2,1-6H3,(H,43,47)/b17-8+. The van der Waals surface area contributed by atoms with E-state index in [0.29, 0.717) is 30.0 Å². The molecule has 6 rings (SSSR count). The van der Waals surface area contributed by atoms with Crippen LogP contribution in [-0.2, 0) is 22.1 Å². The van der Waals surface area contributed by atoms with E-state index in [1.165, 1.54) is 11.1 Å². The van der Waals surface area contributed by atoms with Gasteiger partial charge in [-0.05, 0) is 106 Å². The number of carbonyl (C=O) groups excluding carboxylic acids is 1.